The molecule has 0 amide bonds. The molecule has 0 saturated carbocycles. The monoisotopic (exact) mass is 261 g/mol. The second kappa shape index (κ2) is 6.53. The van der Waals surface area contributed by atoms with Crippen LogP contribution >= 0.6 is 0 Å². The Bertz CT molecular complexity index is 374. The molecule has 0 bridgehead atoms. The van der Waals surface area contributed by atoms with Gasteiger partial charge >= 0.3 is 0 Å². The average Bonchev–Trinajstić information content (AvgIpc) is 2.38. The first-order chi connectivity index (χ1) is 9.11. The minimum Gasteiger partial charge on any atom is -0.376 e. The van der Waals surface area contributed by atoms with Gasteiger partial charge in [0.15, 0.2) is 0 Å². The third kappa shape index (κ3) is 4.32. The Kier molecular flexibility index (Phi) is 5.00. The van der Waals surface area contributed by atoms with Gasteiger partial charge in [0.25, 0.3) is 0 Å². The molecule has 2 N–H and O–H groups in total. The van der Waals surface area contributed by atoms with E-state index >= 15 is 0 Å². The van der Waals surface area contributed by atoms with Crippen LogP contribution in [0.15, 0.2) is 30.3 Å². The van der Waals surface area contributed by atoms with Crippen LogP contribution in [0.3, 0.4) is 0 Å². The number of benzene rings is 1. The quantitative estimate of drug-likeness (QED) is 0.881. The summed E-state index contributed by atoms with van der Waals surface area (Å²) in [6.07, 6.45) is 4.61. The number of nitrogens with two attached hydrogens (primary N) is 1. The normalized spacial score (nSPS) is 24.1. The first kappa shape index (κ1) is 14.5. The summed E-state index contributed by atoms with van der Waals surface area (Å²) in [5.74, 6) is 1.43. The van der Waals surface area contributed by atoms with Gasteiger partial charge in [-0.3, -0.25) is 0 Å². The molecule has 1 aliphatic rings. The van der Waals surface area contributed by atoms with Crippen LogP contribution in [0.2, 0.25) is 0 Å². The van der Waals surface area contributed by atoms with E-state index in [4.69, 9.17) is 10.5 Å². The molecule has 1 aliphatic heterocycles. The lowest BCUT2D eigenvalue weighted by atomic mass is 9.76. The highest BCUT2D eigenvalue weighted by Gasteiger charge is 2.33. The largest absolute Gasteiger partial charge is 0.376 e. The molecule has 0 unspecified atom stereocenters. The SMILES string of the molecule is CC1(C)C[C@@H]([C@@H](CCN)Cc2ccccc2)CCO1. The van der Waals surface area contributed by atoms with E-state index in [9.17, 15) is 0 Å². The Hall–Kier alpha value is -0.860. The molecule has 0 aromatic heterocycles. The number of hydrogen-bond acceptors (Lipinski definition) is 2. The topological polar surface area (TPSA) is 35.2 Å². The van der Waals surface area contributed by atoms with Gasteiger partial charge in [-0.2, -0.15) is 0 Å². The molecule has 0 aliphatic carbocycles. The van der Waals surface area contributed by atoms with Crippen LogP contribution in [0.25, 0.3) is 0 Å². The number of hydrogen-bond donors (Lipinski definition) is 1. The van der Waals surface area contributed by atoms with Crippen molar-refractivity contribution in [1.29, 1.82) is 0 Å². The Balaban J connectivity index is 2.03. The van der Waals surface area contributed by atoms with E-state index in [0.717, 1.165) is 38.3 Å². The first-order valence-electron chi connectivity index (χ1n) is 7.49. The zero-order valence-corrected chi connectivity index (χ0v) is 12.3. The van der Waals surface area contributed by atoms with Crippen molar-refractivity contribution >= 4 is 0 Å². The van der Waals surface area contributed by atoms with E-state index in [2.05, 4.69) is 44.2 Å². The van der Waals surface area contributed by atoms with Crippen LogP contribution in [-0.2, 0) is 11.2 Å². The minimum atomic E-state index is 0.0342. The lowest BCUT2D eigenvalue weighted by Crippen LogP contribution is -2.37. The van der Waals surface area contributed by atoms with Gasteiger partial charge < -0.3 is 10.5 Å². The molecule has 106 valence electrons. The summed E-state index contributed by atoms with van der Waals surface area (Å²) in [6.45, 7) is 6.10. The van der Waals surface area contributed by atoms with Crippen molar-refractivity contribution in [3.8, 4) is 0 Å². The molecule has 19 heavy (non-hydrogen) atoms. The molecule has 2 heteroatoms. The molecular weight excluding hydrogens is 234 g/mol. The van der Waals surface area contributed by atoms with Crippen LogP contribution < -0.4 is 5.73 Å². The minimum absolute atomic E-state index is 0.0342. The second-order valence-electron chi connectivity index (χ2n) is 6.39. The molecule has 1 aromatic rings. The van der Waals surface area contributed by atoms with E-state index in [0.29, 0.717) is 5.92 Å². The molecule has 1 aromatic carbocycles. The van der Waals surface area contributed by atoms with Gasteiger partial charge in [0.1, 0.15) is 0 Å². The zero-order chi connectivity index (χ0) is 13.7. The molecule has 1 heterocycles. The molecule has 2 nitrogen and oxygen atoms in total. The van der Waals surface area contributed by atoms with Gasteiger partial charge in [-0.1, -0.05) is 30.3 Å². The second-order valence-corrected chi connectivity index (χ2v) is 6.39. The van der Waals surface area contributed by atoms with Crippen molar-refractivity contribution in [1.82, 2.24) is 0 Å². The number of ether oxygens (including phenoxy) is 1. The predicted molar refractivity (Wildman–Crippen MR) is 80.1 cm³/mol. The highest BCUT2D eigenvalue weighted by Crippen LogP contribution is 2.36. The van der Waals surface area contributed by atoms with E-state index < -0.39 is 0 Å². The molecular formula is C17H27NO. The maximum Gasteiger partial charge on any atom is 0.0629 e. The van der Waals surface area contributed by atoms with Gasteiger partial charge in [0.05, 0.1) is 5.60 Å². The van der Waals surface area contributed by atoms with Gasteiger partial charge in [-0.05, 0) is 63.5 Å². The maximum absolute atomic E-state index is 5.84. The lowest BCUT2D eigenvalue weighted by molar-refractivity contribution is -0.0829. The van der Waals surface area contributed by atoms with E-state index in [1.165, 1.54) is 12.0 Å². The summed E-state index contributed by atoms with van der Waals surface area (Å²) in [6, 6.07) is 10.8. The third-order valence-corrected chi connectivity index (χ3v) is 4.28. The van der Waals surface area contributed by atoms with Crippen LogP contribution in [0.5, 0.6) is 0 Å². The fraction of sp³-hybridized carbons (Fsp3) is 0.647. The van der Waals surface area contributed by atoms with Crippen LogP contribution in [0.4, 0.5) is 0 Å². The summed E-state index contributed by atoms with van der Waals surface area (Å²) >= 11 is 0. The summed E-state index contributed by atoms with van der Waals surface area (Å²) < 4.78 is 5.84. The van der Waals surface area contributed by atoms with Crippen molar-refractivity contribution in [2.45, 2.75) is 45.1 Å². The average molecular weight is 261 g/mol. The van der Waals surface area contributed by atoms with Crippen molar-refractivity contribution < 1.29 is 4.74 Å². The Morgan fingerprint density at radius 2 is 2.05 bits per heavy atom. The molecule has 1 fully saturated rings. The summed E-state index contributed by atoms with van der Waals surface area (Å²) in [5, 5.41) is 0. The van der Waals surface area contributed by atoms with Gasteiger partial charge in [-0.15, -0.1) is 0 Å². The van der Waals surface area contributed by atoms with E-state index in [1.807, 2.05) is 0 Å². The lowest BCUT2D eigenvalue weighted by Gasteiger charge is -2.39. The highest BCUT2D eigenvalue weighted by molar-refractivity contribution is 5.15. The molecule has 0 spiro atoms. The molecule has 1 saturated heterocycles. The third-order valence-electron chi connectivity index (χ3n) is 4.28. The standard InChI is InChI=1S/C17H27NO/c1-17(2)13-16(9-11-19-17)15(8-10-18)12-14-6-4-3-5-7-14/h3-7,15-16H,8-13,18H2,1-2H3/t15-,16-/m0/s1. The molecule has 0 radical (unpaired) electrons. The van der Waals surface area contributed by atoms with Gasteiger partial charge in [0, 0.05) is 6.61 Å². The molecule has 2 rings (SSSR count). The summed E-state index contributed by atoms with van der Waals surface area (Å²) in [5.41, 5.74) is 7.30. The van der Waals surface area contributed by atoms with E-state index in [1.54, 1.807) is 0 Å². The van der Waals surface area contributed by atoms with Crippen LogP contribution in [0.1, 0.15) is 38.7 Å². The first-order valence-corrected chi connectivity index (χ1v) is 7.49. The Labute approximate surface area is 117 Å². The van der Waals surface area contributed by atoms with Crippen molar-refractivity contribution in [3.05, 3.63) is 35.9 Å². The smallest absolute Gasteiger partial charge is 0.0629 e. The van der Waals surface area contributed by atoms with Gasteiger partial charge in [-0.25, -0.2) is 0 Å². The summed E-state index contributed by atoms with van der Waals surface area (Å²) in [4.78, 5) is 0. The van der Waals surface area contributed by atoms with Crippen LogP contribution in [-0.4, -0.2) is 18.8 Å². The predicted octanol–water partition coefficient (Wildman–Crippen LogP) is 3.40. The number of rotatable bonds is 5. The fourth-order valence-corrected chi connectivity index (χ4v) is 3.32. The Morgan fingerprint density at radius 3 is 2.68 bits per heavy atom. The zero-order valence-electron chi connectivity index (χ0n) is 12.3. The van der Waals surface area contributed by atoms with Crippen molar-refractivity contribution in [3.63, 3.8) is 0 Å². The van der Waals surface area contributed by atoms with Crippen molar-refractivity contribution in [2.75, 3.05) is 13.2 Å². The highest BCUT2D eigenvalue weighted by atomic mass is 16.5. The Morgan fingerprint density at radius 1 is 1.32 bits per heavy atom. The summed E-state index contributed by atoms with van der Waals surface area (Å²) in [7, 11) is 0. The maximum atomic E-state index is 5.84. The fourth-order valence-electron chi connectivity index (χ4n) is 3.32. The van der Waals surface area contributed by atoms with Crippen molar-refractivity contribution in [2.24, 2.45) is 17.6 Å². The van der Waals surface area contributed by atoms with Crippen LogP contribution in [0, 0.1) is 11.8 Å². The van der Waals surface area contributed by atoms with Gasteiger partial charge in [0.2, 0.25) is 0 Å². The molecule has 2 atom stereocenters. The van der Waals surface area contributed by atoms with E-state index in [-0.39, 0.29) is 5.60 Å².